The second-order valence-electron chi connectivity index (χ2n) is 6.31. The molecular formula is C16H4F12N2O5. The highest BCUT2D eigenvalue weighted by Crippen LogP contribution is 2.55. The van der Waals surface area contributed by atoms with Gasteiger partial charge in [-0.3, -0.25) is 20.2 Å². The average molecular weight is 532 g/mol. The van der Waals surface area contributed by atoms with Crippen molar-refractivity contribution in [1.29, 1.82) is 0 Å². The average Bonchev–Trinajstić information content (AvgIpc) is 2.63. The first-order chi connectivity index (χ1) is 15.6. The number of alkyl halides is 12. The van der Waals surface area contributed by atoms with Crippen molar-refractivity contribution in [1.82, 2.24) is 0 Å². The quantitative estimate of drug-likeness (QED) is 0.233. The third kappa shape index (κ3) is 5.65. The van der Waals surface area contributed by atoms with Crippen LogP contribution in [-0.4, -0.2) is 9.85 Å². The lowest BCUT2D eigenvalue weighted by Gasteiger charge is -2.26. The van der Waals surface area contributed by atoms with E-state index in [9.17, 15) is 72.9 Å². The van der Waals surface area contributed by atoms with E-state index in [1.165, 1.54) is 0 Å². The lowest BCUT2D eigenvalue weighted by Crippen LogP contribution is -2.27. The minimum atomic E-state index is -6.68. The number of nitrogens with zero attached hydrogens (tertiary/aromatic N) is 2. The minimum absolute atomic E-state index is 0.0437. The summed E-state index contributed by atoms with van der Waals surface area (Å²) in [6.45, 7) is 0. The largest absolute Gasteiger partial charge is 0.449 e. The van der Waals surface area contributed by atoms with Gasteiger partial charge in [-0.05, 0) is 12.1 Å². The Balaban J connectivity index is 3.08. The molecule has 0 aliphatic heterocycles. The molecule has 0 fully saturated rings. The highest BCUT2D eigenvalue weighted by atomic mass is 19.4. The molecule has 0 unspecified atom stereocenters. The molecule has 0 radical (unpaired) electrons. The maximum atomic E-state index is 13.5. The second kappa shape index (κ2) is 8.45. The molecule has 2 aromatic rings. The molecule has 192 valence electrons. The molecule has 19 heteroatoms. The van der Waals surface area contributed by atoms with Gasteiger partial charge in [-0.25, -0.2) is 0 Å². The maximum absolute atomic E-state index is 13.5. The molecule has 7 nitrogen and oxygen atoms in total. The van der Waals surface area contributed by atoms with Crippen molar-refractivity contribution in [3.8, 4) is 11.5 Å². The summed E-state index contributed by atoms with van der Waals surface area (Å²) in [5.41, 5.74) is -16.8. The number of benzene rings is 2. The Morgan fingerprint density at radius 2 is 1.09 bits per heavy atom. The van der Waals surface area contributed by atoms with Crippen molar-refractivity contribution in [3.05, 3.63) is 66.7 Å². The van der Waals surface area contributed by atoms with Gasteiger partial charge in [-0.2, -0.15) is 52.7 Å². The number of ether oxygens (including phenoxy) is 1. The van der Waals surface area contributed by atoms with E-state index in [4.69, 9.17) is 0 Å². The lowest BCUT2D eigenvalue weighted by atomic mass is 9.92. The Morgan fingerprint density at radius 3 is 1.46 bits per heavy atom. The molecule has 2 aromatic carbocycles. The van der Waals surface area contributed by atoms with Gasteiger partial charge in [0.1, 0.15) is 11.3 Å². The smallest absolute Gasteiger partial charge is 0.420 e. The van der Waals surface area contributed by atoms with Crippen LogP contribution in [0, 0.1) is 20.2 Å². The minimum Gasteiger partial charge on any atom is -0.449 e. The number of hydrogen-bond donors (Lipinski definition) is 0. The molecule has 0 N–H and O–H groups in total. The van der Waals surface area contributed by atoms with E-state index in [0.29, 0.717) is 6.07 Å². The van der Waals surface area contributed by atoms with E-state index in [2.05, 4.69) is 4.74 Å². The van der Waals surface area contributed by atoms with E-state index >= 15 is 0 Å². The highest BCUT2D eigenvalue weighted by Gasteiger charge is 2.56. The first-order valence-electron chi connectivity index (χ1n) is 8.17. The summed E-state index contributed by atoms with van der Waals surface area (Å²) in [7, 11) is 0. The zero-order valence-electron chi connectivity index (χ0n) is 15.8. The Labute approximate surface area is 182 Å². The third-order valence-electron chi connectivity index (χ3n) is 4.02. The molecule has 0 bridgehead atoms. The molecule has 0 heterocycles. The van der Waals surface area contributed by atoms with Crippen LogP contribution in [0.1, 0.15) is 22.3 Å². The van der Waals surface area contributed by atoms with Crippen LogP contribution >= 0.6 is 0 Å². The summed E-state index contributed by atoms with van der Waals surface area (Å²) in [4.78, 5) is 19.0. The summed E-state index contributed by atoms with van der Waals surface area (Å²) >= 11 is 0. The Hall–Kier alpha value is -3.80. The number of halogens is 12. The number of hydrogen-bond acceptors (Lipinski definition) is 5. The van der Waals surface area contributed by atoms with Crippen molar-refractivity contribution < 1.29 is 67.3 Å². The van der Waals surface area contributed by atoms with Gasteiger partial charge >= 0.3 is 30.4 Å². The Morgan fingerprint density at radius 1 is 0.600 bits per heavy atom. The normalized spacial score (nSPS) is 13.0. The molecule has 0 spiro atoms. The summed E-state index contributed by atoms with van der Waals surface area (Å²) in [6, 6.07) is -0.516. The molecule has 0 amide bonds. The predicted molar refractivity (Wildman–Crippen MR) is 86.3 cm³/mol. The van der Waals surface area contributed by atoms with Crippen LogP contribution in [0.5, 0.6) is 11.5 Å². The topological polar surface area (TPSA) is 95.5 Å². The predicted octanol–water partition coefficient (Wildman–Crippen LogP) is 7.37. The van der Waals surface area contributed by atoms with Crippen molar-refractivity contribution in [2.75, 3.05) is 0 Å². The number of non-ortho nitro benzene ring substituents is 1. The van der Waals surface area contributed by atoms with Gasteiger partial charge in [0.2, 0.25) is 5.75 Å². The SMILES string of the molecule is O=[N+]([O-])c1ccc(Oc2cc(C(F)(F)F)c(C(F)(F)F)c(C(F)(F)F)c2C(F)(F)F)c([N+](=O)[O-])c1. The Bertz CT molecular complexity index is 1180. The van der Waals surface area contributed by atoms with Crippen LogP contribution in [0.3, 0.4) is 0 Å². The van der Waals surface area contributed by atoms with Crippen molar-refractivity contribution >= 4 is 11.4 Å². The molecule has 0 saturated carbocycles. The van der Waals surface area contributed by atoms with Crippen LogP contribution < -0.4 is 4.74 Å². The number of nitro benzene ring substituents is 2. The van der Waals surface area contributed by atoms with Gasteiger partial charge in [-0.15, -0.1) is 0 Å². The number of nitro groups is 2. The summed E-state index contributed by atoms with van der Waals surface area (Å²) in [5.74, 6) is -4.06. The van der Waals surface area contributed by atoms with Gasteiger partial charge in [0.15, 0.2) is 0 Å². The van der Waals surface area contributed by atoms with Gasteiger partial charge in [-0.1, -0.05) is 0 Å². The Kier molecular flexibility index (Phi) is 6.63. The fraction of sp³-hybridized carbons (Fsp3) is 0.250. The summed E-state index contributed by atoms with van der Waals surface area (Å²) < 4.78 is 164. The van der Waals surface area contributed by atoms with Gasteiger partial charge in [0, 0.05) is 6.07 Å². The van der Waals surface area contributed by atoms with Crippen LogP contribution in [0.2, 0.25) is 0 Å². The van der Waals surface area contributed by atoms with Crippen LogP contribution in [0.4, 0.5) is 64.1 Å². The zero-order valence-corrected chi connectivity index (χ0v) is 15.8. The molecule has 0 atom stereocenters. The standard InChI is InChI=1S/C16H4F12N2O5/c17-13(18,19)6-4-9(35-8-2-1-5(29(31)32)3-7(8)30(33)34)11(15(23,24)25)12(16(26,27)28)10(6)14(20,21)22/h1-4H. The molecular weight excluding hydrogens is 528 g/mol. The highest BCUT2D eigenvalue weighted by molar-refractivity contribution is 5.59. The molecule has 0 aliphatic rings. The van der Waals surface area contributed by atoms with E-state index in [1.807, 2.05) is 0 Å². The van der Waals surface area contributed by atoms with Gasteiger partial charge in [0.25, 0.3) is 5.69 Å². The van der Waals surface area contributed by atoms with E-state index in [1.54, 1.807) is 0 Å². The third-order valence-corrected chi connectivity index (χ3v) is 4.02. The van der Waals surface area contributed by atoms with Gasteiger partial charge in [0.05, 0.1) is 32.6 Å². The molecule has 0 aliphatic carbocycles. The summed E-state index contributed by atoms with van der Waals surface area (Å²) in [6.07, 6.45) is -26.0. The van der Waals surface area contributed by atoms with E-state index in [-0.39, 0.29) is 12.1 Å². The second-order valence-corrected chi connectivity index (χ2v) is 6.31. The molecule has 0 saturated heterocycles. The van der Waals surface area contributed by atoms with E-state index in [0.717, 1.165) is 0 Å². The van der Waals surface area contributed by atoms with Crippen LogP contribution in [0.15, 0.2) is 24.3 Å². The first kappa shape index (κ1) is 27.4. The first-order valence-corrected chi connectivity index (χ1v) is 8.17. The molecule has 0 aromatic heterocycles. The van der Waals surface area contributed by atoms with Crippen LogP contribution in [0.25, 0.3) is 0 Å². The van der Waals surface area contributed by atoms with Gasteiger partial charge < -0.3 is 4.74 Å². The zero-order chi connectivity index (χ0) is 27.3. The maximum Gasteiger partial charge on any atom is 0.420 e. The van der Waals surface area contributed by atoms with Crippen LogP contribution in [-0.2, 0) is 24.7 Å². The summed E-state index contributed by atoms with van der Waals surface area (Å²) in [5, 5.41) is 21.8. The van der Waals surface area contributed by atoms with Crippen molar-refractivity contribution in [2.45, 2.75) is 24.7 Å². The number of rotatable bonds is 4. The fourth-order valence-corrected chi connectivity index (χ4v) is 2.79. The molecule has 35 heavy (non-hydrogen) atoms. The van der Waals surface area contributed by atoms with E-state index < -0.39 is 85.7 Å². The van der Waals surface area contributed by atoms with Crippen molar-refractivity contribution in [3.63, 3.8) is 0 Å². The van der Waals surface area contributed by atoms with Crippen molar-refractivity contribution in [2.24, 2.45) is 0 Å². The monoisotopic (exact) mass is 532 g/mol. The lowest BCUT2D eigenvalue weighted by molar-refractivity contribution is -0.394. The fourth-order valence-electron chi connectivity index (χ4n) is 2.79. The molecule has 2 rings (SSSR count).